The molecule has 0 aromatic heterocycles. The molecule has 1 atom stereocenters. The lowest BCUT2D eigenvalue weighted by molar-refractivity contribution is -0.119. The second-order valence-corrected chi connectivity index (χ2v) is 4.41. The van der Waals surface area contributed by atoms with Gasteiger partial charge in [0.15, 0.2) is 0 Å². The van der Waals surface area contributed by atoms with E-state index < -0.39 is 0 Å². The second kappa shape index (κ2) is 5.80. The van der Waals surface area contributed by atoms with Crippen LogP contribution >= 0.6 is 0 Å². The molecule has 1 aromatic rings. The van der Waals surface area contributed by atoms with E-state index in [0.29, 0.717) is 13.2 Å². The van der Waals surface area contributed by atoms with Gasteiger partial charge in [0, 0.05) is 13.1 Å². The van der Waals surface area contributed by atoms with E-state index in [-0.39, 0.29) is 12.0 Å². The van der Waals surface area contributed by atoms with E-state index in [2.05, 4.69) is 12.1 Å². The maximum absolute atomic E-state index is 10.8. The summed E-state index contributed by atoms with van der Waals surface area (Å²) in [7, 11) is 0. The fourth-order valence-corrected chi connectivity index (χ4v) is 2.09. The summed E-state index contributed by atoms with van der Waals surface area (Å²) in [5.74, 6) is -0.270. The van der Waals surface area contributed by atoms with Crippen LogP contribution in [-0.4, -0.2) is 36.5 Å². The summed E-state index contributed by atoms with van der Waals surface area (Å²) in [5, 5.41) is 0. The quantitative estimate of drug-likeness (QED) is 0.818. The van der Waals surface area contributed by atoms with Crippen molar-refractivity contribution in [3.05, 3.63) is 35.9 Å². The van der Waals surface area contributed by atoms with Crippen LogP contribution in [0.25, 0.3) is 0 Å². The SMILES string of the molecule is NC(=O)CN1CCC(OCc2ccccc2)C1. The fraction of sp³-hybridized carbons (Fsp3) is 0.462. The first kappa shape index (κ1) is 12.1. The molecular formula is C13H18N2O2. The zero-order chi connectivity index (χ0) is 12.1. The Morgan fingerprint density at radius 2 is 2.18 bits per heavy atom. The van der Waals surface area contributed by atoms with Crippen molar-refractivity contribution in [1.29, 1.82) is 0 Å². The highest BCUT2D eigenvalue weighted by Gasteiger charge is 2.23. The number of ether oxygens (including phenoxy) is 1. The molecule has 4 heteroatoms. The van der Waals surface area contributed by atoms with Gasteiger partial charge in [-0.15, -0.1) is 0 Å². The Balaban J connectivity index is 1.73. The smallest absolute Gasteiger partial charge is 0.231 e. The Morgan fingerprint density at radius 3 is 2.88 bits per heavy atom. The number of likely N-dealkylation sites (tertiary alicyclic amines) is 1. The van der Waals surface area contributed by atoms with Gasteiger partial charge in [0.2, 0.25) is 5.91 Å². The molecule has 1 aliphatic rings. The Hall–Kier alpha value is -1.39. The topological polar surface area (TPSA) is 55.6 Å². The van der Waals surface area contributed by atoms with Crippen molar-refractivity contribution in [2.24, 2.45) is 5.73 Å². The molecule has 0 saturated carbocycles. The normalized spacial score (nSPS) is 20.6. The number of primary amides is 1. The fourth-order valence-electron chi connectivity index (χ4n) is 2.09. The van der Waals surface area contributed by atoms with E-state index in [1.165, 1.54) is 5.56 Å². The lowest BCUT2D eigenvalue weighted by Gasteiger charge is -2.14. The molecule has 1 amide bonds. The minimum Gasteiger partial charge on any atom is -0.372 e. The number of rotatable bonds is 5. The largest absolute Gasteiger partial charge is 0.372 e. The van der Waals surface area contributed by atoms with Crippen molar-refractivity contribution in [2.75, 3.05) is 19.6 Å². The van der Waals surface area contributed by atoms with Gasteiger partial charge in [0.05, 0.1) is 19.3 Å². The van der Waals surface area contributed by atoms with Gasteiger partial charge < -0.3 is 10.5 Å². The summed E-state index contributed by atoms with van der Waals surface area (Å²) >= 11 is 0. The van der Waals surface area contributed by atoms with E-state index in [9.17, 15) is 4.79 Å². The predicted octanol–water partition coefficient (Wildman–Crippen LogP) is 0.763. The van der Waals surface area contributed by atoms with Crippen molar-refractivity contribution >= 4 is 5.91 Å². The van der Waals surface area contributed by atoms with Gasteiger partial charge in [-0.2, -0.15) is 0 Å². The molecule has 0 radical (unpaired) electrons. The van der Waals surface area contributed by atoms with Crippen molar-refractivity contribution < 1.29 is 9.53 Å². The van der Waals surface area contributed by atoms with Gasteiger partial charge in [-0.1, -0.05) is 30.3 Å². The van der Waals surface area contributed by atoms with E-state index in [4.69, 9.17) is 10.5 Å². The number of hydrogen-bond donors (Lipinski definition) is 1. The average molecular weight is 234 g/mol. The van der Waals surface area contributed by atoms with E-state index in [1.807, 2.05) is 23.1 Å². The van der Waals surface area contributed by atoms with Crippen molar-refractivity contribution in [3.8, 4) is 0 Å². The zero-order valence-electron chi connectivity index (χ0n) is 9.84. The van der Waals surface area contributed by atoms with Crippen LogP contribution in [0, 0.1) is 0 Å². The summed E-state index contributed by atoms with van der Waals surface area (Å²) in [6, 6.07) is 10.1. The molecule has 2 rings (SSSR count). The van der Waals surface area contributed by atoms with Crippen LogP contribution in [0.3, 0.4) is 0 Å². The molecule has 1 aromatic carbocycles. The van der Waals surface area contributed by atoms with Crippen LogP contribution in [0.5, 0.6) is 0 Å². The van der Waals surface area contributed by atoms with Crippen LogP contribution in [0.4, 0.5) is 0 Å². The number of nitrogens with two attached hydrogens (primary N) is 1. The highest BCUT2D eigenvalue weighted by atomic mass is 16.5. The summed E-state index contributed by atoms with van der Waals surface area (Å²) < 4.78 is 5.81. The van der Waals surface area contributed by atoms with Crippen LogP contribution in [-0.2, 0) is 16.1 Å². The molecule has 1 heterocycles. The first-order chi connectivity index (χ1) is 8.24. The maximum Gasteiger partial charge on any atom is 0.231 e. The summed E-state index contributed by atoms with van der Waals surface area (Å²) in [6.07, 6.45) is 1.19. The third-order valence-electron chi connectivity index (χ3n) is 2.94. The summed E-state index contributed by atoms with van der Waals surface area (Å²) in [5.41, 5.74) is 6.34. The molecule has 2 N–H and O–H groups in total. The van der Waals surface area contributed by atoms with Crippen LogP contribution in [0.1, 0.15) is 12.0 Å². The molecule has 17 heavy (non-hydrogen) atoms. The third kappa shape index (κ3) is 3.84. The van der Waals surface area contributed by atoms with Gasteiger partial charge in [-0.25, -0.2) is 0 Å². The van der Waals surface area contributed by atoms with Crippen LogP contribution < -0.4 is 5.73 Å². The maximum atomic E-state index is 10.8. The van der Waals surface area contributed by atoms with Gasteiger partial charge in [-0.3, -0.25) is 9.69 Å². The first-order valence-electron chi connectivity index (χ1n) is 5.90. The molecule has 0 aliphatic carbocycles. The number of carbonyl (C=O) groups excluding carboxylic acids is 1. The molecular weight excluding hydrogens is 216 g/mol. The zero-order valence-corrected chi connectivity index (χ0v) is 9.84. The van der Waals surface area contributed by atoms with E-state index in [0.717, 1.165) is 19.5 Å². The van der Waals surface area contributed by atoms with Crippen molar-refractivity contribution in [2.45, 2.75) is 19.1 Å². The van der Waals surface area contributed by atoms with Gasteiger partial charge in [0.25, 0.3) is 0 Å². The van der Waals surface area contributed by atoms with Crippen molar-refractivity contribution in [3.63, 3.8) is 0 Å². The highest BCUT2D eigenvalue weighted by Crippen LogP contribution is 2.14. The lowest BCUT2D eigenvalue weighted by atomic mass is 10.2. The monoisotopic (exact) mass is 234 g/mol. The standard InChI is InChI=1S/C13H18N2O2/c14-13(16)9-15-7-6-12(8-15)17-10-11-4-2-1-3-5-11/h1-5,12H,6-10H2,(H2,14,16). The molecule has 0 spiro atoms. The van der Waals surface area contributed by atoms with Gasteiger partial charge >= 0.3 is 0 Å². The molecule has 1 aliphatic heterocycles. The molecule has 1 saturated heterocycles. The van der Waals surface area contributed by atoms with E-state index >= 15 is 0 Å². The van der Waals surface area contributed by atoms with Gasteiger partial charge in [-0.05, 0) is 12.0 Å². The third-order valence-corrected chi connectivity index (χ3v) is 2.94. The Kier molecular flexibility index (Phi) is 4.12. The number of amides is 1. The Labute approximate surface area is 101 Å². The minimum absolute atomic E-state index is 0.217. The summed E-state index contributed by atoms with van der Waals surface area (Å²) in [4.78, 5) is 12.8. The molecule has 92 valence electrons. The molecule has 4 nitrogen and oxygen atoms in total. The van der Waals surface area contributed by atoms with Crippen LogP contribution in [0.2, 0.25) is 0 Å². The molecule has 1 unspecified atom stereocenters. The van der Waals surface area contributed by atoms with Crippen LogP contribution in [0.15, 0.2) is 30.3 Å². The number of hydrogen-bond acceptors (Lipinski definition) is 3. The average Bonchev–Trinajstić information content (AvgIpc) is 2.75. The minimum atomic E-state index is -0.270. The Bertz CT molecular complexity index is 367. The van der Waals surface area contributed by atoms with E-state index in [1.54, 1.807) is 0 Å². The highest BCUT2D eigenvalue weighted by molar-refractivity contribution is 5.75. The number of benzene rings is 1. The lowest BCUT2D eigenvalue weighted by Crippen LogP contribution is -2.32. The number of carbonyl (C=O) groups is 1. The number of nitrogens with zero attached hydrogens (tertiary/aromatic N) is 1. The molecule has 0 bridgehead atoms. The first-order valence-corrected chi connectivity index (χ1v) is 5.90. The Morgan fingerprint density at radius 1 is 1.41 bits per heavy atom. The predicted molar refractivity (Wildman–Crippen MR) is 65.3 cm³/mol. The molecule has 1 fully saturated rings. The van der Waals surface area contributed by atoms with Gasteiger partial charge in [0.1, 0.15) is 0 Å². The summed E-state index contributed by atoms with van der Waals surface area (Å²) in [6.45, 7) is 2.67. The second-order valence-electron chi connectivity index (χ2n) is 4.41. The van der Waals surface area contributed by atoms with Crippen molar-refractivity contribution in [1.82, 2.24) is 4.90 Å².